The van der Waals surface area contributed by atoms with Crippen molar-refractivity contribution in [1.29, 1.82) is 0 Å². The first-order chi connectivity index (χ1) is 8.81. The summed E-state index contributed by atoms with van der Waals surface area (Å²) in [6.07, 6.45) is 0. The first kappa shape index (κ1) is 13.9. The fourth-order valence-corrected chi connectivity index (χ4v) is 2.71. The Morgan fingerprint density at radius 1 is 1.26 bits per heavy atom. The van der Waals surface area contributed by atoms with E-state index in [0.717, 1.165) is 11.1 Å². The highest BCUT2D eigenvalue weighted by atomic mass is 32.1. The van der Waals surface area contributed by atoms with E-state index in [1.54, 1.807) is 18.4 Å². The smallest absolute Gasteiger partial charge is 0.229 e. The van der Waals surface area contributed by atoms with E-state index in [2.05, 4.69) is 18.3 Å². The van der Waals surface area contributed by atoms with E-state index in [4.69, 9.17) is 4.74 Å². The van der Waals surface area contributed by atoms with Crippen LogP contribution < -0.4 is 10.1 Å². The zero-order valence-electron chi connectivity index (χ0n) is 12.0. The molecule has 1 N–H and O–H groups in total. The van der Waals surface area contributed by atoms with E-state index < -0.39 is 5.41 Å². The number of anilines is 1. The summed E-state index contributed by atoms with van der Waals surface area (Å²) in [7, 11) is 1.62. The summed E-state index contributed by atoms with van der Waals surface area (Å²) in [6, 6.07) is 6.07. The van der Waals surface area contributed by atoms with Gasteiger partial charge in [-0.05, 0) is 24.4 Å². The molecule has 0 bridgehead atoms. The summed E-state index contributed by atoms with van der Waals surface area (Å²) in [5, 5.41) is 4.08. The van der Waals surface area contributed by atoms with Crippen LogP contribution in [0.1, 0.15) is 25.6 Å². The summed E-state index contributed by atoms with van der Waals surface area (Å²) in [6.45, 7) is 7.75. The highest BCUT2D eigenvalue weighted by molar-refractivity contribution is 7.19. The molecule has 1 heterocycles. The zero-order valence-corrected chi connectivity index (χ0v) is 12.8. The van der Waals surface area contributed by atoms with E-state index in [1.165, 1.54) is 9.58 Å². The molecule has 0 saturated heterocycles. The molecular formula is C15H19NO2S. The Kier molecular flexibility index (Phi) is 3.54. The summed E-state index contributed by atoms with van der Waals surface area (Å²) >= 11 is 1.72. The van der Waals surface area contributed by atoms with Crippen LogP contribution in [0.4, 0.5) is 5.69 Å². The second-order valence-corrected chi connectivity index (χ2v) is 6.94. The van der Waals surface area contributed by atoms with Crippen molar-refractivity contribution in [3.05, 3.63) is 23.1 Å². The van der Waals surface area contributed by atoms with Crippen molar-refractivity contribution in [2.45, 2.75) is 27.7 Å². The topological polar surface area (TPSA) is 38.3 Å². The van der Waals surface area contributed by atoms with Crippen LogP contribution in [0.5, 0.6) is 5.75 Å². The van der Waals surface area contributed by atoms with Gasteiger partial charge in [-0.15, -0.1) is 11.3 Å². The second-order valence-electron chi connectivity index (χ2n) is 5.65. The summed E-state index contributed by atoms with van der Waals surface area (Å²) < 4.78 is 6.54. The van der Waals surface area contributed by atoms with E-state index in [1.807, 2.05) is 32.9 Å². The predicted molar refractivity (Wildman–Crippen MR) is 81.2 cm³/mol. The van der Waals surface area contributed by atoms with Crippen molar-refractivity contribution in [2.24, 2.45) is 5.41 Å². The molecule has 4 heteroatoms. The third kappa shape index (κ3) is 2.89. The lowest BCUT2D eigenvalue weighted by molar-refractivity contribution is -0.123. The second kappa shape index (κ2) is 4.85. The third-order valence-electron chi connectivity index (χ3n) is 2.89. The molecule has 2 rings (SSSR count). The summed E-state index contributed by atoms with van der Waals surface area (Å²) in [5.74, 6) is 0.684. The van der Waals surface area contributed by atoms with Gasteiger partial charge in [0.1, 0.15) is 5.75 Å². The van der Waals surface area contributed by atoms with Crippen molar-refractivity contribution in [3.8, 4) is 5.75 Å². The molecule has 0 unspecified atom stereocenters. The Labute approximate surface area is 117 Å². The molecule has 19 heavy (non-hydrogen) atoms. The largest absolute Gasteiger partial charge is 0.495 e. The number of benzene rings is 1. The molecule has 1 aromatic carbocycles. The first-order valence-corrected chi connectivity index (χ1v) is 7.02. The Bertz CT molecular complexity index is 623. The molecule has 0 atom stereocenters. The number of fused-ring (bicyclic) bond motifs is 1. The van der Waals surface area contributed by atoms with Gasteiger partial charge >= 0.3 is 0 Å². The summed E-state index contributed by atoms with van der Waals surface area (Å²) in [5.41, 5.74) is 0.303. The molecular weight excluding hydrogens is 258 g/mol. The van der Waals surface area contributed by atoms with Gasteiger partial charge in [0, 0.05) is 21.1 Å². The number of rotatable bonds is 2. The molecule has 2 aromatic rings. The molecule has 0 aliphatic rings. The fraction of sp³-hybridized carbons (Fsp3) is 0.400. The molecule has 0 fully saturated rings. The van der Waals surface area contributed by atoms with Gasteiger partial charge in [-0.25, -0.2) is 0 Å². The minimum atomic E-state index is -0.426. The molecule has 1 amide bonds. The average Bonchev–Trinajstić information content (AvgIpc) is 2.65. The van der Waals surface area contributed by atoms with Crippen molar-refractivity contribution < 1.29 is 9.53 Å². The minimum Gasteiger partial charge on any atom is -0.495 e. The Hall–Kier alpha value is -1.55. The SMILES string of the molecule is COc1cc2sc(C)cc2cc1NC(=O)C(C)(C)C. The number of nitrogens with one attached hydrogen (secondary N) is 1. The van der Waals surface area contributed by atoms with Gasteiger partial charge in [-0.3, -0.25) is 4.79 Å². The van der Waals surface area contributed by atoms with Gasteiger partial charge in [0.2, 0.25) is 5.91 Å². The molecule has 0 spiro atoms. The van der Waals surface area contributed by atoms with E-state index in [9.17, 15) is 4.79 Å². The van der Waals surface area contributed by atoms with Crippen molar-refractivity contribution >= 4 is 33.0 Å². The number of ether oxygens (including phenoxy) is 1. The van der Waals surface area contributed by atoms with E-state index in [0.29, 0.717) is 5.75 Å². The number of carbonyl (C=O) groups is 1. The van der Waals surface area contributed by atoms with Crippen LogP contribution in [0.2, 0.25) is 0 Å². The first-order valence-electron chi connectivity index (χ1n) is 6.21. The maximum atomic E-state index is 12.1. The van der Waals surface area contributed by atoms with Crippen LogP contribution in [-0.4, -0.2) is 13.0 Å². The van der Waals surface area contributed by atoms with Gasteiger partial charge in [0.25, 0.3) is 0 Å². The van der Waals surface area contributed by atoms with Crippen LogP contribution >= 0.6 is 11.3 Å². The van der Waals surface area contributed by atoms with Gasteiger partial charge in [-0.1, -0.05) is 20.8 Å². The standard InChI is InChI=1S/C15H19NO2S/c1-9-6-10-7-11(16-14(17)15(2,3)4)12(18-5)8-13(10)19-9/h6-8H,1-5H3,(H,16,17). The Morgan fingerprint density at radius 2 is 1.95 bits per heavy atom. The van der Waals surface area contributed by atoms with Crippen LogP contribution in [0.15, 0.2) is 18.2 Å². The van der Waals surface area contributed by atoms with Crippen molar-refractivity contribution in [2.75, 3.05) is 12.4 Å². The van der Waals surface area contributed by atoms with Crippen LogP contribution in [0.3, 0.4) is 0 Å². The number of hydrogen-bond acceptors (Lipinski definition) is 3. The highest BCUT2D eigenvalue weighted by Gasteiger charge is 2.22. The number of thiophene rings is 1. The number of hydrogen-bond donors (Lipinski definition) is 1. The van der Waals surface area contributed by atoms with E-state index >= 15 is 0 Å². The minimum absolute atomic E-state index is 0.0166. The summed E-state index contributed by atoms with van der Waals surface area (Å²) in [4.78, 5) is 13.3. The predicted octanol–water partition coefficient (Wildman–Crippen LogP) is 4.20. The number of aryl methyl sites for hydroxylation is 1. The van der Waals surface area contributed by atoms with Crippen molar-refractivity contribution in [3.63, 3.8) is 0 Å². The van der Waals surface area contributed by atoms with Gasteiger partial charge in [0.15, 0.2) is 0 Å². The van der Waals surface area contributed by atoms with Gasteiger partial charge in [-0.2, -0.15) is 0 Å². The molecule has 0 saturated carbocycles. The lowest BCUT2D eigenvalue weighted by atomic mass is 9.95. The Balaban J connectivity index is 2.43. The Morgan fingerprint density at radius 3 is 2.53 bits per heavy atom. The fourth-order valence-electron chi connectivity index (χ4n) is 1.78. The monoisotopic (exact) mass is 277 g/mol. The van der Waals surface area contributed by atoms with Crippen LogP contribution in [0, 0.1) is 12.3 Å². The lowest BCUT2D eigenvalue weighted by Gasteiger charge is -2.19. The number of carbonyl (C=O) groups excluding carboxylic acids is 1. The molecule has 102 valence electrons. The molecule has 0 aliphatic carbocycles. The normalized spacial score (nSPS) is 11.6. The van der Waals surface area contributed by atoms with E-state index in [-0.39, 0.29) is 5.91 Å². The molecule has 1 aromatic heterocycles. The quantitative estimate of drug-likeness (QED) is 0.893. The lowest BCUT2D eigenvalue weighted by Crippen LogP contribution is -2.27. The third-order valence-corrected chi connectivity index (χ3v) is 3.90. The zero-order chi connectivity index (χ0) is 14.2. The molecule has 0 aliphatic heterocycles. The average molecular weight is 277 g/mol. The van der Waals surface area contributed by atoms with Crippen molar-refractivity contribution in [1.82, 2.24) is 0 Å². The van der Waals surface area contributed by atoms with Crippen LogP contribution in [0.25, 0.3) is 10.1 Å². The van der Waals surface area contributed by atoms with Gasteiger partial charge < -0.3 is 10.1 Å². The number of methoxy groups -OCH3 is 1. The van der Waals surface area contributed by atoms with Crippen LogP contribution in [-0.2, 0) is 4.79 Å². The molecule has 0 radical (unpaired) electrons. The molecule has 3 nitrogen and oxygen atoms in total. The maximum absolute atomic E-state index is 12.1. The van der Waals surface area contributed by atoms with Gasteiger partial charge in [0.05, 0.1) is 12.8 Å². The maximum Gasteiger partial charge on any atom is 0.229 e. The number of amides is 1. The highest BCUT2D eigenvalue weighted by Crippen LogP contribution is 2.35.